The summed E-state index contributed by atoms with van der Waals surface area (Å²) in [6, 6.07) is 55.1. The number of thiophene rings is 1. The minimum absolute atomic E-state index is 0.919. The average molecular weight is 603 g/mol. The lowest BCUT2D eigenvalue weighted by molar-refractivity contribution is 0.673. The Labute approximate surface area is 269 Å². The van der Waals surface area contributed by atoms with Gasteiger partial charge in [-0.25, -0.2) is 0 Å². The quantitative estimate of drug-likeness (QED) is 0.183. The number of fused-ring (bicyclic) bond motifs is 8. The van der Waals surface area contributed by atoms with Crippen LogP contribution in [-0.2, 0) is 0 Å². The molecule has 0 fully saturated rings. The molecular weight excluding hydrogens is 577 g/mol. The predicted molar refractivity (Wildman–Crippen MR) is 198 cm³/mol. The van der Waals surface area contributed by atoms with Crippen molar-refractivity contribution in [3.05, 3.63) is 157 Å². The van der Waals surface area contributed by atoms with Crippen molar-refractivity contribution in [2.24, 2.45) is 0 Å². The molecule has 2 heterocycles. The lowest BCUT2D eigenvalue weighted by Crippen LogP contribution is -1.91. The Morgan fingerprint density at radius 1 is 0.391 bits per heavy atom. The molecule has 214 valence electrons. The standard InChI is InChI=1S/C44H26OS/c1-2-11-28(12-3-1)39-26-46-44-37(39)22-21-36-38-25-31(20-23-40(38)45-43(36)44)42-34-16-8-6-14-32(34)41(33-15-7-9-17-35(33)42)30-19-18-27-10-4-5-13-29(27)24-30/h1-26H. The Kier molecular flexibility index (Phi) is 5.51. The molecule has 0 unspecified atom stereocenters. The van der Waals surface area contributed by atoms with Crippen LogP contribution >= 0.6 is 11.3 Å². The van der Waals surface area contributed by atoms with E-state index in [0.29, 0.717) is 0 Å². The molecule has 8 aromatic carbocycles. The Hall–Kier alpha value is -5.70. The zero-order valence-electron chi connectivity index (χ0n) is 24.8. The van der Waals surface area contributed by atoms with E-state index >= 15 is 0 Å². The van der Waals surface area contributed by atoms with Crippen LogP contribution in [0, 0.1) is 0 Å². The van der Waals surface area contributed by atoms with E-state index in [2.05, 4.69) is 157 Å². The minimum atomic E-state index is 0.919. The smallest absolute Gasteiger partial charge is 0.153 e. The molecule has 46 heavy (non-hydrogen) atoms. The van der Waals surface area contributed by atoms with Crippen LogP contribution in [0.2, 0.25) is 0 Å². The maximum absolute atomic E-state index is 6.60. The van der Waals surface area contributed by atoms with Gasteiger partial charge >= 0.3 is 0 Å². The first-order chi connectivity index (χ1) is 22.8. The van der Waals surface area contributed by atoms with Gasteiger partial charge in [-0.15, -0.1) is 11.3 Å². The molecule has 0 spiro atoms. The molecule has 0 radical (unpaired) electrons. The molecule has 2 heteroatoms. The molecule has 0 aliphatic carbocycles. The van der Waals surface area contributed by atoms with Crippen LogP contribution in [0.3, 0.4) is 0 Å². The second-order valence-corrected chi connectivity index (χ2v) is 12.9. The largest absolute Gasteiger partial charge is 0.455 e. The minimum Gasteiger partial charge on any atom is -0.455 e. The van der Waals surface area contributed by atoms with Crippen LogP contribution < -0.4 is 0 Å². The summed E-state index contributed by atoms with van der Waals surface area (Å²) < 4.78 is 7.80. The van der Waals surface area contributed by atoms with Gasteiger partial charge in [0, 0.05) is 21.7 Å². The van der Waals surface area contributed by atoms with Gasteiger partial charge in [0.1, 0.15) is 5.58 Å². The summed E-state index contributed by atoms with van der Waals surface area (Å²) in [6.45, 7) is 0. The van der Waals surface area contributed by atoms with E-state index in [0.717, 1.165) is 21.9 Å². The van der Waals surface area contributed by atoms with Crippen molar-refractivity contribution in [3.8, 4) is 33.4 Å². The number of rotatable bonds is 3. The molecule has 0 saturated heterocycles. The first-order valence-corrected chi connectivity index (χ1v) is 16.5. The summed E-state index contributed by atoms with van der Waals surface area (Å²) in [5, 5.41) is 13.3. The highest BCUT2D eigenvalue weighted by molar-refractivity contribution is 7.18. The van der Waals surface area contributed by atoms with Crippen molar-refractivity contribution >= 4 is 75.7 Å². The molecule has 10 aromatic rings. The fraction of sp³-hybridized carbons (Fsp3) is 0. The molecule has 0 amide bonds. The third kappa shape index (κ3) is 3.74. The fourth-order valence-corrected chi connectivity index (χ4v) is 8.48. The van der Waals surface area contributed by atoms with E-state index in [4.69, 9.17) is 4.42 Å². The Morgan fingerprint density at radius 2 is 0.978 bits per heavy atom. The molecule has 0 aliphatic rings. The average Bonchev–Trinajstić information content (AvgIpc) is 3.72. The molecule has 0 N–H and O–H groups in total. The third-order valence-corrected chi connectivity index (χ3v) is 10.5. The van der Waals surface area contributed by atoms with Crippen LogP contribution in [0.1, 0.15) is 0 Å². The van der Waals surface area contributed by atoms with E-state index < -0.39 is 0 Å². The van der Waals surface area contributed by atoms with Crippen molar-refractivity contribution < 1.29 is 4.42 Å². The van der Waals surface area contributed by atoms with Gasteiger partial charge in [-0.3, -0.25) is 0 Å². The van der Waals surface area contributed by atoms with Gasteiger partial charge in [0.25, 0.3) is 0 Å². The van der Waals surface area contributed by atoms with Gasteiger partial charge in [0.2, 0.25) is 0 Å². The molecule has 0 saturated carbocycles. The fourth-order valence-electron chi connectivity index (χ4n) is 7.42. The first-order valence-electron chi connectivity index (χ1n) is 15.7. The van der Waals surface area contributed by atoms with E-state index in [1.807, 2.05) is 0 Å². The van der Waals surface area contributed by atoms with Gasteiger partial charge in [0.15, 0.2) is 5.58 Å². The van der Waals surface area contributed by atoms with Gasteiger partial charge in [0.05, 0.1) is 4.70 Å². The molecule has 0 bridgehead atoms. The normalized spacial score (nSPS) is 11.9. The van der Waals surface area contributed by atoms with E-state index in [9.17, 15) is 0 Å². The third-order valence-electron chi connectivity index (χ3n) is 9.52. The van der Waals surface area contributed by atoms with Crippen LogP contribution in [0.15, 0.2) is 161 Å². The lowest BCUT2D eigenvalue weighted by Gasteiger charge is -2.18. The van der Waals surface area contributed by atoms with E-state index in [1.165, 1.54) is 75.8 Å². The highest BCUT2D eigenvalue weighted by atomic mass is 32.1. The maximum Gasteiger partial charge on any atom is 0.153 e. The Balaban J connectivity index is 1.22. The van der Waals surface area contributed by atoms with Crippen molar-refractivity contribution in [1.82, 2.24) is 0 Å². The zero-order valence-corrected chi connectivity index (χ0v) is 25.6. The lowest BCUT2D eigenvalue weighted by atomic mass is 9.85. The molecule has 2 aromatic heterocycles. The first kappa shape index (κ1) is 25.6. The summed E-state index contributed by atoms with van der Waals surface area (Å²) in [5.41, 5.74) is 9.36. The Bertz CT molecular complexity index is 2740. The Morgan fingerprint density at radius 3 is 1.70 bits per heavy atom. The molecule has 1 nitrogen and oxygen atoms in total. The second kappa shape index (κ2) is 9.90. The highest BCUT2D eigenvalue weighted by Gasteiger charge is 2.19. The topological polar surface area (TPSA) is 13.1 Å². The second-order valence-electron chi connectivity index (χ2n) is 12.1. The van der Waals surface area contributed by atoms with Crippen molar-refractivity contribution in [3.63, 3.8) is 0 Å². The van der Waals surface area contributed by atoms with Crippen molar-refractivity contribution in [2.45, 2.75) is 0 Å². The van der Waals surface area contributed by atoms with Crippen LogP contribution in [0.25, 0.3) is 97.7 Å². The summed E-state index contributed by atoms with van der Waals surface area (Å²) >= 11 is 1.76. The molecule has 0 atom stereocenters. The summed E-state index contributed by atoms with van der Waals surface area (Å²) in [6.07, 6.45) is 0. The van der Waals surface area contributed by atoms with Gasteiger partial charge in [-0.2, -0.15) is 0 Å². The summed E-state index contributed by atoms with van der Waals surface area (Å²) in [4.78, 5) is 0. The number of benzene rings is 8. The highest BCUT2D eigenvalue weighted by Crippen LogP contribution is 2.46. The summed E-state index contributed by atoms with van der Waals surface area (Å²) in [7, 11) is 0. The van der Waals surface area contributed by atoms with Crippen LogP contribution in [0.4, 0.5) is 0 Å². The van der Waals surface area contributed by atoms with Crippen LogP contribution in [0.5, 0.6) is 0 Å². The molecule has 0 aliphatic heterocycles. The summed E-state index contributed by atoms with van der Waals surface area (Å²) in [5.74, 6) is 0. The SMILES string of the molecule is c1ccc(-c2csc3c2ccc2c4cc(-c5c6ccccc6c(-c6ccc7ccccc7c6)c6ccccc56)ccc4oc23)cc1. The van der Waals surface area contributed by atoms with Crippen molar-refractivity contribution in [2.75, 3.05) is 0 Å². The van der Waals surface area contributed by atoms with E-state index in [1.54, 1.807) is 11.3 Å². The van der Waals surface area contributed by atoms with Gasteiger partial charge in [-0.05, 0) is 89.8 Å². The maximum atomic E-state index is 6.60. The van der Waals surface area contributed by atoms with Gasteiger partial charge < -0.3 is 4.42 Å². The number of hydrogen-bond acceptors (Lipinski definition) is 2. The molecule has 10 rings (SSSR count). The van der Waals surface area contributed by atoms with Crippen molar-refractivity contribution in [1.29, 1.82) is 0 Å². The van der Waals surface area contributed by atoms with E-state index in [-0.39, 0.29) is 0 Å². The molecular formula is C44H26OS. The predicted octanol–water partition coefficient (Wildman–Crippen LogP) is 13.3. The number of hydrogen-bond donors (Lipinski definition) is 0. The van der Waals surface area contributed by atoms with Crippen LogP contribution in [-0.4, -0.2) is 0 Å². The number of furan rings is 1. The zero-order chi connectivity index (χ0) is 30.2. The van der Waals surface area contributed by atoms with Gasteiger partial charge in [-0.1, -0.05) is 127 Å². The monoisotopic (exact) mass is 602 g/mol.